The Balaban J connectivity index is 3.38. The number of aromatic nitrogens is 2. The standard InChI is InChI=1S/C9H15BrN2/c1-6-7(10)8(9(2,3)4)11-12(6)5/h1-5H3/i5D3. The smallest absolute Gasteiger partial charge is 0.0822 e. The lowest BCUT2D eigenvalue weighted by Crippen LogP contribution is -2.13. The van der Waals surface area contributed by atoms with Crippen molar-refractivity contribution < 1.29 is 4.11 Å². The molecule has 68 valence electrons. The molecule has 0 saturated carbocycles. The van der Waals surface area contributed by atoms with Gasteiger partial charge in [0, 0.05) is 22.2 Å². The largest absolute Gasteiger partial charge is 0.271 e. The first-order valence-electron chi connectivity index (χ1n) is 5.31. The van der Waals surface area contributed by atoms with Crippen LogP contribution in [0.2, 0.25) is 0 Å². The highest BCUT2D eigenvalue weighted by Crippen LogP contribution is 2.30. The molecule has 12 heavy (non-hydrogen) atoms. The predicted octanol–water partition coefficient (Wildman–Crippen LogP) is 2.79. The second-order valence-electron chi connectivity index (χ2n) is 3.91. The van der Waals surface area contributed by atoms with E-state index in [-0.39, 0.29) is 5.41 Å². The Labute approximate surface area is 86.3 Å². The van der Waals surface area contributed by atoms with Crippen molar-refractivity contribution in [1.82, 2.24) is 9.78 Å². The molecular weight excluding hydrogens is 216 g/mol. The third kappa shape index (κ3) is 1.56. The second-order valence-corrected chi connectivity index (χ2v) is 4.70. The van der Waals surface area contributed by atoms with Gasteiger partial charge in [-0.05, 0) is 22.9 Å². The van der Waals surface area contributed by atoms with Crippen molar-refractivity contribution in [3.05, 3.63) is 15.9 Å². The van der Waals surface area contributed by atoms with Crippen LogP contribution >= 0.6 is 15.9 Å². The maximum Gasteiger partial charge on any atom is 0.0822 e. The van der Waals surface area contributed by atoms with Gasteiger partial charge in [-0.15, -0.1) is 0 Å². The number of halogens is 1. The van der Waals surface area contributed by atoms with Gasteiger partial charge in [-0.1, -0.05) is 20.8 Å². The molecule has 0 aliphatic rings. The van der Waals surface area contributed by atoms with E-state index in [1.807, 2.05) is 20.8 Å². The molecule has 2 nitrogen and oxygen atoms in total. The third-order valence-corrected chi connectivity index (χ3v) is 2.70. The van der Waals surface area contributed by atoms with Crippen molar-refractivity contribution in [3.63, 3.8) is 0 Å². The average Bonchev–Trinajstić information content (AvgIpc) is 2.26. The van der Waals surface area contributed by atoms with E-state index in [4.69, 9.17) is 4.11 Å². The van der Waals surface area contributed by atoms with Crippen LogP contribution in [0.3, 0.4) is 0 Å². The molecule has 0 saturated heterocycles. The highest BCUT2D eigenvalue weighted by Gasteiger charge is 2.22. The summed E-state index contributed by atoms with van der Waals surface area (Å²) in [7, 11) is 0. The molecule has 0 spiro atoms. The Bertz CT molecular complexity index is 339. The van der Waals surface area contributed by atoms with Gasteiger partial charge in [0.1, 0.15) is 0 Å². The van der Waals surface area contributed by atoms with Crippen molar-refractivity contribution in [2.24, 2.45) is 6.98 Å². The summed E-state index contributed by atoms with van der Waals surface area (Å²) in [5, 5.41) is 4.16. The van der Waals surface area contributed by atoms with E-state index in [1.54, 1.807) is 6.92 Å². The molecule has 1 aromatic heterocycles. The number of hydrogen-bond donors (Lipinski definition) is 0. The Kier molecular flexibility index (Phi) is 1.48. The Hall–Kier alpha value is -0.310. The molecule has 0 aliphatic heterocycles. The van der Waals surface area contributed by atoms with E-state index in [2.05, 4.69) is 21.0 Å². The fourth-order valence-electron chi connectivity index (χ4n) is 0.962. The highest BCUT2D eigenvalue weighted by molar-refractivity contribution is 9.10. The lowest BCUT2D eigenvalue weighted by atomic mass is 9.92. The van der Waals surface area contributed by atoms with Gasteiger partial charge < -0.3 is 0 Å². The van der Waals surface area contributed by atoms with Crippen molar-refractivity contribution in [2.45, 2.75) is 33.1 Å². The zero-order valence-electron chi connectivity index (χ0n) is 10.8. The van der Waals surface area contributed by atoms with E-state index >= 15 is 0 Å². The van der Waals surface area contributed by atoms with Gasteiger partial charge in [0.15, 0.2) is 0 Å². The quantitative estimate of drug-likeness (QED) is 0.674. The topological polar surface area (TPSA) is 17.8 Å². The highest BCUT2D eigenvalue weighted by atomic mass is 79.9. The zero-order valence-corrected chi connectivity index (χ0v) is 9.36. The molecule has 0 aromatic carbocycles. The molecule has 1 heterocycles. The summed E-state index contributed by atoms with van der Waals surface area (Å²) in [6, 6.07) is 0. The molecule has 1 aromatic rings. The molecule has 0 amide bonds. The van der Waals surface area contributed by atoms with Crippen LogP contribution in [0.25, 0.3) is 0 Å². The molecule has 0 unspecified atom stereocenters. The lowest BCUT2D eigenvalue weighted by Gasteiger charge is -2.15. The van der Waals surface area contributed by atoms with Crippen LogP contribution in [0.1, 0.15) is 36.3 Å². The van der Waals surface area contributed by atoms with Crippen LogP contribution in [0, 0.1) is 6.92 Å². The van der Waals surface area contributed by atoms with E-state index in [0.29, 0.717) is 5.69 Å². The first-order chi connectivity index (χ1) is 6.55. The van der Waals surface area contributed by atoms with E-state index in [1.165, 1.54) is 0 Å². The molecule has 0 aliphatic carbocycles. The monoisotopic (exact) mass is 233 g/mol. The van der Waals surface area contributed by atoms with E-state index < -0.39 is 6.98 Å². The Morgan fingerprint density at radius 1 is 1.50 bits per heavy atom. The van der Waals surface area contributed by atoms with Crippen LogP contribution in [0.5, 0.6) is 0 Å². The summed E-state index contributed by atoms with van der Waals surface area (Å²) in [5.74, 6) is 0. The molecule has 0 N–H and O–H groups in total. The van der Waals surface area contributed by atoms with Crippen LogP contribution < -0.4 is 0 Å². The minimum atomic E-state index is -2.21. The van der Waals surface area contributed by atoms with Crippen LogP contribution in [-0.4, -0.2) is 9.78 Å². The summed E-state index contributed by atoms with van der Waals surface area (Å²) in [6.07, 6.45) is 0. The van der Waals surface area contributed by atoms with Crippen molar-refractivity contribution in [2.75, 3.05) is 0 Å². The SMILES string of the molecule is [2H]C([2H])([2H])n1nc(C(C)(C)C)c(Br)c1C. The van der Waals surface area contributed by atoms with Gasteiger partial charge in [-0.2, -0.15) is 5.10 Å². The minimum Gasteiger partial charge on any atom is -0.271 e. The fourth-order valence-corrected chi connectivity index (χ4v) is 1.80. The number of nitrogens with zero attached hydrogens (tertiary/aromatic N) is 2. The third-order valence-electron chi connectivity index (χ3n) is 1.75. The van der Waals surface area contributed by atoms with Crippen molar-refractivity contribution in [3.8, 4) is 0 Å². The summed E-state index contributed by atoms with van der Waals surface area (Å²) in [6.45, 7) is 5.55. The van der Waals surface area contributed by atoms with Crippen LogP contribution in [0.4, 0.5) is 0 Å². The van der Waals surface area contributed by atoms with E-state index in [9.17, 15) is 0 Å². The van der Waals surface area contributed by atoms with Crippen LogP contribution in [0.15, 0.2) is 4.47 Å². The molecule has 3 heteroatoms. The van der Waals surface area contributed by atoms with Gasteiger partial charge >= 0.3 is 0 Å². The van der Waals surface area contributed by atoms with Crippen molar-refractivity contribution >= 4 is 15.9 Å². The fraction of sp³-hybridized carbons (Fsp3) is 0.667. The van der Waals surface area contributed by atoms with Gasteiger partial charge in [-0.3, -0.25) is 4.68 Å². The number of rotatable bonds is 0. The van der Waals surface area contributed by atoms with Gasteiger partial charge in [0.2, 0.25) is 0 Å². The average molecular weight is 234 g/mol. The summed E-state index contributed by atoms with van der Waals surface area (Å²) >= 11 is 3.40. The zero-order chi connectivity index (χ0) is 12.0. The second kappa shape index (κ2) is 2.87. The number of aryl methyl sites for hydroxylation is 1. The molecule has 0 bridgehead atoms. The predicted molar refractivity (Wildman–Crippen MR) is 54.3 cm³/mol. The molecule has 0 radical (unpaired) electrons. The first kappa shape index (κ1) is 6.19. The normalized spacial score (nSPS) is 16.9. The van der Waals surface area contributed by atoms with E-state index in [0.717, 1.165) is 14.8 Å². The summed E-state index contributed by atoms with van der Waals surface area (Å²) in [4.78, 5) is 0. The van der Waals surface area contributed by atoms with Gasteiger partial charge in [-0.25, -0.2) is 0 Å². The molecule has 0 atom stereocenters. The maximum absolute atomic E-state index is 7.34. The Morgan fingerprint density at radius 2 is 2.08 bits per heavy atom. The van der Waals surface area contributed by atoms with Crippen LogP contribution in [-0.2, 0) is 12.4 Å². The van der Waals surface area contributed by atoms with Crippen molar-refractivity contribution in [1.29, 1.82) is 0 Å². The summed E-state index contributed by atoms with van der Waals surface area (Å²) in [5.41, 5.74) is 1.25. The van der Waals surface area contributed by atoms with Gasteiger partial charge in [0.05, 0.1) is 10.2 Å². The lowest BCUT2D eigenvalue weighted by molar-refractivity contribution is 0.550. The minimum absolute atomic E-state index is 0.167. The summed E-state index contributed by atoms with van der Waals surface area (Å²) < 4.78 is 23.9. The Morgan fingerprint density at radius 3 is 2.33 bits per heavy atom. The first-order valence-corrected chi connectivity index (χ1v) is 4.60. The van der Waals surface area contributed by atoms with Gasteiger partial charge in [0.25, 0.3) is 0 Å². The number of hydrogen-bond acceptors (Lipinski definition) is 1. The maximum atomic E-state index is 7.34. The molecule has 1 rings (SSSR count). The molecule has 0 fully saturated rings. The molecular formula is C9H15BrN2.